The standard InChI is InChI=1S/C11H19N3S/c1-3-10-8(2)11(14-13-10)12-9-5-4-6-15-7-9/h9H,3-7H2,1-2H3,(H2,12,13,14)/t9-/m0/s1. The van der Waals surface area contributed by atoms with Gasteiger partial charge in [-0.2, -0.15) is 16.9 Å². The number of hydrogen-bond donors (Lipinski definition) is 2. The van der Waals surface area contributed by atoms with Crippen molar-refractivity contribution in [1.29, 1.82) is 0 Å². The highest BCUT2D eigenvalue weighted by Gasteiger charge is 2.16. The fourth-order valence-corrected chi connectivity index (χ4v) is 3.04. The number of nitrogens with zero attached hydrogens (tertiary/aromatic N) is 1. The van der Waals surface area contributed by atoms with Gasteiger partial charge in [0.1, 0.15) is 0 Å². The average molecular weight is 225 g/mol. The van der Waals surface area contributed by atoms with Crippen molar-refractivity contribution >= 4 is 17.6 Å². The summed E-state index contributed by atoms with van der Waals surface area (Å²) in [5.74, 6) is 3.59. The molecule has 0 radical (unpaired) electrons. The Kier molecular flexibility index (Phi) is 3.57. The second kappa shape index (κ2) is 4.92. The predicted molar refractivity (Wildman–Crippen MR) is 66.7 cm³/mol. The SMILES string of the molecule is CCc1[nH]nc(N[C@H]2CCCSC2)c1C. The van der Waals surface area contributed by atoms with E-state index in [4.69, 9.17) is 0 Å². The molecule has 1 aliphatic rings. The van der Waals surface area contributed by atoms with Crippen LogP contribution in [-0.4, -0.2) is 27.7 Å². The lowest BCUT2D eigenvalue weighted by Crippen LogP contribution is -2.26. The van der Waals surface area contributed by atoms with E-state index in [9.17, 15) is 0 Å². The molecule has 0 bridgehead atoms. The molecule has 84 valence electrons. The molecule has 1 aromatic rings. The van der Waals surface area contributed by atoms with E-state index in [-0.39, 0.29) is 0 Å². The third kappa shape index (κ3) is 2.48. The van der Waals surface area contributed by atoms with Crippen LogP contribution in [0.15, 0.2) is 0 Å². The highest BCUT2D eigenvalue weighted by atomic mass is 32.2. The fourth-order valence-electron chi connectivity index (χ4n) is 1.97. The fraction of sp³-hybridized carbons (Fsp3) is 0.727. The summed E-state index contributed by atoms with van der Waals surface area (Å²) in [4.78, 5) is 0. The summed E-state index contributed by atoms with van der Waals surface area (Å²) in [5.41, 5.74) is 2.54. The van der Waals surface area contributed by atoms with Crippen molar-refractivity contribution < 1.29 is 0 Å². The van der Waals surface area contributed by atoms with Crippen LogP contribution in [0.3, 0.4) is 0 Å². The number of aryl methyl sites for hydroxylation is 1. The first-order valence-corrected chi connectivity index (χ1v) is 6.85. The molecule has 0 saturated carbocycles. The van der Waals surface area contributed by atoms with Crippen LogP contribution in [0.2, 0.25) is 0 Å². The zero-order valence-corrected chi connectivity index (χ0v) is 10.3. The van der Waals surface area contributed by atoms with Gasteiger partial charge in [0.2, 0.25) is 0 Å². The molecule has 2 N–H and O–H groups in total. The molecule has 1 saturated heterocycles. The number of anilines is 1. The molecule has 0 amide bonds. The second-order valence-corrected chi connectivity index (χ2v) is 5.24. The maximum atomic E-state index is 4.34. The molecule has 4 heteroatoms. The molecule has 0 spiro atoms. The lowest BCUT2D eigenvalue weighted by molar-refractivity contribution is 0.681. The van der Waals surface area contributed by atoms with Crippen LogP contribution in [0, 0.1) is 6.92 Å². The average Bonchev–Trinajstić information content (AvgIpc) is 2.62. The van der Waals surface area contributed by atoms with Gasteiger partial charge in [-0.1, -0.05) is 6.92 Å². The van der Waals surface area contributed by atoms with Crippen molar-refractivity contribution in [2.24, 2.45) is 0 Å². The Balaban J connectivity index is 2.00. The second-order valence-electron chi connectivity index (χ2n) is 4.09. The molecule has 1 aliphatic heterocycles. The van der Waals surface area contributed by atoms with E-state index in [0.717, 1.165) is 12.2 Å². The van der Waals surface area contributed by atoms with Crippen LogP contribution in [0.25, 0.3) is 0 Å². The number of aromatic amines is 1. The van der Waals surface area contributed by atoms with Gasteiger partial charge in [0.15, 0.2) is 5.82 Å². The monoisotopic (exact) mass is 225 g/mol. The van der Waals surface area contributed by atoms with Gasteiger partial charge in [-0.15, -0.1) is 0 Å². The zero-order chi connectivity index (χ0) is 10.7. The van der Waals surface area contributed by atoms with E-state index in [2.05, 4.69) is 29.4 Å². The van der Waals surface area contributed by atoms with E-state index in [1.54, 1.807) is 0 Å². The maximum absolute atomic E-state index is 4.34. The first-order chi connectivity index (χ1) is 7.31. The third-order valence-electron chi connectivity index (χ3n) is 2.97. The molecule has 0 aliphatic carbocycles. The van der Waals surface area contributed by atoms with Crippen LogP contribution >= 0.6 is 11.8 Å². The van der Waals surface area contributed by atoms with E-state index >= 15 is 0 Å². The van der Waals surface area contributed by atoms with E-state index in [1.165, 1.54) is 35.6 Å². The maximum Gasteiger partial charge on any atom is 0.151 e. The van der Waals surface area contributed by atoms with Crippen LogP contribution < -0.4 is 5.32 Å². The van der Waals surface area contributed by atoms with Crippen molar-refractivity contribution in [3.05, 3.63) is 11.3 Å². The van der Waals surface area contributed by atoms with Crippen molar-refractivity contribution in [3.8, 4) is 0 Å². The molecule has 1 atom stereocenters. The first kappa shape index (κ1) is 10.9. The summed E-state index contributed by atoms with van der Waals surface area (Å²) < 4.78 is 0. The topological polar surface area (TPSA) is 40.7 Å². The van der Waals surface area contributed by atoms with Crippen molar-refractivity contribution in [2.45, 2.75) is 39.2 Å². The normalized spacial score (nSPS) is 21.6. The summed E-state index contributed by atoms with van der Waals surface area (Å²) in [5, 5.41) is 11.0. The summed E-state index contributed by atoms with van der Waals surface area (Å²) in [6.07, 6.45) is 3.63. The van der Waals surface area contributed by atoms with Crippen LogP contribution in [0.1, 0.15) is 31.0 Å². The first-order valence-electron chi connectivity index (χ1n) is 5.69. The van der Waals surface area contributed by atoms with Gasteiger partial charge in [0.25, 0.3) is 0 Å². The summed E-state index contributed by atoms with van der Waals surface area (Å²) >= 11 is 2.04. The summed E-state index contributed by atoms with van der Waals surface area (Å²) in [6.45, 7) is 4.29. The Morgan fingerprint density at radius 2 is 2.47 bits per heavy atom. The van der Waals surface area contributed by atoms with Gasteiger partial charge in [0.05, 0.1) is 0 Å². The Morgan fingerprint density at radius 1 is 1.60 bits per heavy atom. The third-order valence-corrected chi connectivity index (χ3v) is 4.18. The molecule has 15 heavy (non-hydrogen) atoms. The van der Waals surface area contributed by atoms with Crippen LogP contribution in [0.5, 0.6) is 0 Å². The quantitative estimate of drug-likeness (QED) is 0.830. The molecule has 0 unspecified atom stereocenters. The van der Waals surface area contributed by atoms with E-state index in [1.807, 2.05) is 11.8 Å². The molecule has 3 nitrogen and oxygen atoms in total. The number of thioether (sulfide) groups is 1. The van der Waals surface area contributed by atoms with Gasteiger partial charge in [-0.05, 0) is 31.9 Å². The largest absolute Gasteiger partial charge is 0.365 e. The molecule has 1 fully saturated rings. The highest BCUT2D eigenvalue weighted by Crippen LogP contribution is 2.22. The lowest BCUT2D eigenvalue weighted by Gasteiger charge is -2.22. The Morgan fingerprint density at radius 3 is 3.07 bits per heavy atom. The number of aromatic nitrogens is 2. The number of nitrogens with one attached hydrogen (secondary N) is 2. The van der Waals surface area contributed by atoms with Gasteiger partial charge >= 0.3 is 0 Å². The van der Waals surface area contributed by atoms with Gasteiger partial charge in [-0.3, -0.25) is 5.10 Å². The van der Waals surface area contributed by atoms with Crippen molar-refractivity contribution in [2.75, 3.05) is 16.8 Å². The molecular weight excluding hydrogens is 206 g/mol. The lowest BCUT2D eigenvalue weighted by atomic mass is 10.1. The number of hydrogen-bond acceptors (Lipinski definition) is 3. The minimum atomic E-state index is 0.607. The van der Waals surface area contributed by atoms with Gasteiger partial charge in [-0.25, -0.2) is 0 Å². The molecule has 1 aromatic heterocycles. The minimum Gasteiger partial charge on any atom is -0.365 e. The minimum absolute atomic E-state index is 0.607. The Bertz CT molecular complexity index is 316. The zero-order valence-electron chi connectivity index (χ0n) is 9.47. The Labute approximate surface area is 95.4 Å². The molecular formula is C11H19N3S. The van der Waals surface area contributed by atoms with Gasteiger partial charge in [0, 0.05) is 23.1 Å². The molecule has 2 rings (SSSR count). The predicted octanol–water partition coefficient (Wildman–Crippen LogP) is 2.59. The summed E-state index contributed by atoms with van der Waals surface area (Å²) in [7, 11) is 0. The summed E-state index contributed by atoms with van der Waals surface area (Å²) in [6, 6.07) is 0.607. The van der Waals surface area contributed by atoms with E-state index in [0.29, 0.717) is 6.04 Å². The van der Waals surface area contributed by atoms with Crippen LogP contribution in [-0.2, 0) is 6.42 Å². The Hall–Kier alpha value is -0.640. The van der Waals surface area contributed by atoms with Crippen molar-refractivity contribution in [1.82, 2.24) is 10.2 Å². The number of H-pyrrole nitrogens is 1. The van der Waals surface area contributed by atoms with Gasteiger partial charge < -0.3 is 5.32 Å². The molecule has 0 aromatic carbocycles. The number of rotatable bonds is 3. The highest BCUT2D eigenvalue weighted by molar-refractivity contribution is 7.99. The van der Waals surface area contributed by atoms with E-state index < -0.39 is 0 Å². The smallest absolute Gasteiger partial charge is 0.151 e. The van der Waals surface area contributed by atoms with Crippen molar-refractivity contribution in [3.63, 3.8) is 0 Å². The molecule has 2 heterocycles. The van der Waals surface area contributed by atoms with Crippen LogP contribution in [0.4, 0.5) is 5.82 Å².